The molecule has 0 radical (unpaired) electrons. The quantitative estimate of drug-likeness (QED) is 0.837. The van der Waals surface area contributed by atoms with Gasteiger partial charge in [-0.2, -0.15) is 18.3 Å². The predicted octanol–water partition coefficient (Wildman–Crippen LogP) is 3.88. The second kappa shape index (κ2) is 6.31. The molecule has 0 spiro atoms. The number of alkyl halides is 3. The van der Waals surface area contributed by atoms with E-state index in [9.17, 15) is 18.0 Å². The van der Waals surface area contributed by atoms with Crippen LogP contribution in [0.5, 0.6) is 0 Å². The lowest BCUT2D eigenvalue weighted by atomic mass is 9.90. The molecule has 0 bridgehead atoms. The van der Waals surface area contributed by atoms with Gasteiger partial charge in [0, 0.05) is 17.8 Å². The van der Waals surface area contributed by atoms with Crippen molar-refractivity contribution in [2.45, 2.75) is 58.3 Å². The zero-order valence-electron chi connectivity index (χ0n) is 14.5. The lowest BCUT2D eigenvalue weighted by Crippen LogP contribution is -2.48. The number of aryl methyl sites for hydroxylation is 1. The van der Waals surface area contributed by atoms with Crippen molar-refractivity contribution >= 4 is 16.9 Å². The molecule has 136 valence electrons. The van der Waals surface area contributed by atoms with Gasteiger partial charge in [0.05, 0.1) is 17.1 Å². The van der Waals surface area contributed by atoms with Gasteiger partial charge >= 0.3 is 6.18 Å². The van der Waals surface area contributed by atoms with Crippen LogP contribution in [0.25, 0.3) is 11.0 Å². The number of fused-ring (bicyclic) bond motifs is 1. The topological polar surface area (TPSA) is 51.0 Å². The van der Waals surface area contributed by atoms with Crippen molar-refractivity contribution in [3.8, 4) is 0 Å². The molecule has 3 rings (SSSR count). The molecule has 1 aliphatic carbocycles. The van der Waals surface area contributed by atoms with E-state index >= 15 is 0 Å². The fourth-order valence-electron chi connectivity index (χ4n) is 3.11. The average molecular weight is 354 g/mol. The summed E-state index contributed by atoms with van der Waals surface area (Å²) in [5, 5.41) is 4.75. The molecule has 8 heteroatoms. The van der Waals surface area contributed by atoms with Crippen LogP contribution < -0.4 is 0 Å². The lowest BCUT2D eigenvalue weighted by Gasteiger charge is -2.38. The van der Waals surface area contributed by atoms with E-state index in [1.165, 1.54) is 6.20 Å². The summed E-state index contributed by atoms with van der Waals surface area (Å²) in [6.45, 7) is 4.37. The molecule has 0 aromatic carbocycles. The van der Waals surface area contributed by atoms with Crippen LogP contribution in [-0.4, -0.2) is 44.3 Å². The number of nitrogens with zero attached hydrogens (tertiary/aromatic N) is 4. The monoisotopic (exact) mass is 354 g/mol. The molecule has 2 aromatic heterocycles. The summed E-state index contributed by atoms with van der Waals surface area (Å²) in [5.41, 5.74) is 1.35. The standard InChI is InChI=1S/C17H21F3N4O/c1-10(2)24-15-14(8-21-24)13(7-11(3)22-15)16(25)23(9-17(18,19)20)12-5-4-6-12/h7-8,10,12H,4-6,9H2,1-3H3. The molecular weight excluding hydrogens is 333 g/mol. The van der Waals surface area contributed by atoms with Crippen LogP contribution in [0.1, 0.15) is 55.2 Å². The summed E-state index contributed by atoms with van der Waals surface area (Å²) < 4.78 is 40.6. The Labute approximate surface area is 143 Å². The number of halogens is 3. The van der Waals surface area contributed by atoms with Gasteiger partial charge in [-0.1, -0.05) is 0 Å². The third-order valence-electron chi connectivity index (χ3n) is 4.54. The van der Waals surface area contributed by atoms with Gasteiger partial charge in [0.2, 0.25) is 0 Å². The second-order valence-electron chi connectivity index (χ2n) is 6.86. The summed E-state index contributed by atoms with van der Waals surface area (Å²) in [6.07, 6.45) is -0.834. The SMILES string of the molecule is Cc1cc(C(=O)N(CC(F)(F)F)C2CCC2)c2cnn(C(C)C)c2n1. The van der Waals surface area contributed by atoms with Crippen molar-refractivity contribution in [2.75, 3.05) is 6.54 Å². The van der Waals surface area contributed by atoms with Crippen LogP contribution >= 0.6 is 0 Å². The first-order valence-corrected chi connectivity index (χ1v) is 8.40. The van der Waals surface area contributed by atoms with Gasteiger partial charge in [-0.15, -0.1) is 0 Å². The van der Waals surface area contributed by atoms with Gasteiger partial charge in [-0.25, -0.2) is 9.67 Å². The van der Waals surface area contributed by atoms with Crippen molar-refractivity contribution in [1.82, 2.24) is 19.7 Å². The van der Waals surface area contributed by atoms with Gasteiger partial charge in [-0.05, 0) is 46.1 Å². The van der Waals surface area contributed by atoms with Crippen LogP contribution in [0.4, 0.5) is 13.2 Å². The first-order valence-electron chi connectivity index (χ1n) is 8.40. The number of hydrogen-bond donors (Lipinski definition) is 0. The molecule has 0 N–H and O–H groups in total. The minimum atomic E-state index is -4.42. The number of pyridine rings is 1. The Hall–Kier alpha value is -2.12. The molecule has 0 unspecified atom stereocenters. The van der Waals surface area contributed by atoms with E-state index < -0.39 is 18.6 Å². The van der Waals surface area contributed by atoms with Crippen LogP contribution in [-0.2, 0) is 0 Å². The van der Waals surface area contributed by atoms with Crippen molar-refractivity contribution in [3.63, 3.8) is 0 Å². The van der Waals surface area contributed by atoms with Gasteiger partial charge in [-0.3, -0.25) is 4.79 Å². The molecule has 5 nitrogen and oxygen atoms in total. The summed E-state index contributed by atoms with van der Waals surface area (Å²) >= 11 is 0. The molecule has 1 amide bonds. The highest BCUT2D eigenvalue weighted by Crippen LogP contribution is 2.31. The first-order chi connectivity index (χ1) is 11.7. The fourth-order valence-corrected chi connectivity index (χ4v) is 3.11. The number of carbonyl (C=O) groups excluding carboxylic acids is 1. The van der Waals surface area contributed by atoms with Crippen molar-refractivity contribution in [2.24, 2.45) is 0 Å². The molecule has 1 fully saturated rings. The lowest BCUT2D eigenvalue weighted by molar-refractivity contribution is -0.147. The van der Waals surface area contributed by atoms with E-state index in [-0.39, 0.29) is 17.6 Å². The highest BCUT2D eigenvalue weighted by atomic mass is 19.4. The van der Waals surface area contributed by atoms with Gasteiger partial charge < -0.3 is 4.90 Å². The van der Waals surface area contributed by atoms with Gasteiger partial charge in [0.25, 0.3) is 5.91 Å². The van der Waals surface area contributed by atoms with E-state index in [1.807, 2.05) is 13.8 Å². The fraction of sp³-hybridized carbons (Fsp3) is 0.588. The highest BCUT2D eigenvalue weighted by molar-refractivity contribution is 6.05. The van der Waals surface area contributed by atoms with Crippen LogP contribution in [0.15, 0.2) is 12.3 Å². The van der Waals surface area contributed by atoms with Gasteiger partial charge in [0.1, 0.15) is 6.54 Å². The molecule has 1 saturated carbocycles. The number of hydrogen-bond acceptors (Lipinski definition) is 3. The number of rotatable bonds is 4. The molecule has 2 aromatic rings. The summed E-state index contributed by atoms with van der Waals surface area (Å²) in [6, 6.07) is 1.24. The Bertz CT molecular complexity index is 793. The smallest absolute Gasteiger partial charge is 0.327 e. The average Bonchev–Trinajstić information content (AvgIpc) is 2.85. The zero-order chi connectivity index (χ0) is 18.4. The predicted molar refractivity (Wildman–Crippen MR) is 87.4 cm³/mol. The number of amides is 1. The third kappa shape index (κ3) is 3.48. The van der Waals surface area contributed by atoms with Gasteiger partial charge in [0.15, 0.2) is 5.65 Å². The number of aromatic nitrogens is 3. The van der Waals surface area contributed by atoms with Crippen LogP contribution in [0.3, 0.4) is 0 Å². The Balaban J connectivity index is 2.05. The van der Waals surface area contributed by atoms with Crippen molar-refractivity contribution < 1.29 is 18.0 Å². The van der Waals surface area contributed by atoms with E-state index in [0.717, 1.165) is 11.3 Å². The van der Waals surface area contributed by atoms with E-state index in [2.05, 4.69) is 10.1 Å². The van der Waals surface area contributed by atoms with E-state index in [1.54, 1.807) is 17.7 Å². The zero-order valence-corrected chi connectivity index (χ0v) is 14.5. The molecule has 0 saturated heterocycles. The number of carbonyl (C=O) groups is 1. The highest BCUT2D eigenvalue weighted by Gasteiger charge is 2.39. The molecular formula is C17H21F3N4O. The van der Waals surface area contributed by atoms with E-state index in [4.69, 9.17) is 0 Å². The van der Waals surface area contributed by atoms with E-state index in [0.29, 0.717) is 29.6 Å². The maximum Gasteiger partial charge on any atom is 0.406 e. The maximum absolute atomic E-state index is 13.0. The Kier molecular flexibility index (Phi) is 4.47. The van der Waals surface area contributed by atoms with Crippen molar-refractivity contribution in [3.05, 3.63) is 23.5 Å². The minimum absolute atomic E-state index is 0.0349. The molecule has 1 aliphatic rings. The maximum atomic E-state index is 13.0. The van der Waals surface area contributed by atoms with Crippen molar-refractivity contribution in [1.29, 1.82) is 0 Å². The van der Waals surface area contributed by atoms with Crippen LogP contribution in [0, 0.1) is 6.92 Å². The first kappa shape index (κ1) is 17.7. The van der Waals surface area contributed by atoms with Crippen LogP contribution in [0.2, 0.25) is 0 Å². The second-order valence-corrected chi connectivity index (χ2v) is 6.86. The summed E-state index contributed by atoms with van der Waals surface area (Å²) in [5.74, 6) is -0.596. The minimum Gasteiger partial charge on any atom is -0.327 e. The summed E-state index contributed by atoms with van der Waals surface area (Å²) in [7, 11) is 0. The Morgan fingerprint density at radius 3 is 2.60 bits per heavy atom. The summed E-state index contributed by atoms with van der Waals surface area (Å²) in [4.78, 5) is 18.3. The Morgan fingerprint density at radius 1 is 1.40 bits per heavy atom. The largest absolute Gasteiger partial charge is 0.406 e. The molecule has 2 heterocycles. The third-order valence-corrected chi connectivity index (χ3v) is 4.54. The molecule has 25 heavy (non-hydrogen) atoms. The normalized spacial score (nSPS) is 15.6. The molecule has 0 aliphatic heterocycles. The molecule has 0 atom stereocenters. The Morgan fingerprint density at radius 2 is 2.08 bits per heavy atom.